The second-order valence-electron chi connectivity index (χ2n) is 6.88. The van der Waals surface area contributed by atoms with Crippen LogP contribution in [0.3, 0.4) is 0 Å². The maximum absolute atomic E-state index is 12.6. The molecular weight excluding hydrogens is 364 g/mol. The van der Waals surface area contributed by atoms with Crippen molar-refractivity contribution in [2.24, 2.45) is 5.92 Å². The molecule has 0 heterocycles. The lowest BCUT2D eigenvalue weighted by molar-refractivity contribution is -0.136. The highest BCUT2D eigenvalue weighted by molar-refractivity contribution is 5.94. The number of anilines is 1. The summed E-state index contributed by atoms with van der Waals surface area (Å²) >= 11 is 0. The lowest BCUT2D eigenvalue weighted by atomic mass is 9.85. The summed E-state index contributed by atoms with van der Waals surface area (Å²) in [6, 6.07) is 6.97. The van der Waals surface area contributed by atoms with E-state index in [9.17, 15) is 14.4 Å². The second-order valence-corrected chi connectivity index (χ2v) is 6.88. The van der Waals surface area contributed by atoms with Gasteiger partial charge < -0.3 is 25.2 Å². The highest BCUT2D eigenvalue weighted by Gasteiger charge is 2.27. The van der Waals surface area contributed by atoms with Gasteiger partial charge in [-0.05, 0) is 37.3 Å². The number of aliphatic carboxylic acids is 1. The number of carboxylic acid groups (broad SMARTS) is 1. The number of carboxylic acids is 1. The van der Waals surface area contributed by atoms with E-state index in [0.29, 0.717) is 37.3 Å². The summed E-state index contributed by atoms with van der Waals surface area (Å²) in [4.78, 5) is 35.4. The third-order valence-corrected chi connectivity index (χ3v) is 4.74. The van der Waals surface area contributed by atoms with Gasteiger partial charge in [0.1, 0.15) is 6.61 Å². The molecule has 154 valence electrons. The van der Waals surface area contributed by atoms with Crippen molar-refractivity contribution in [2.75, 3.05) is 32.2 Å². The van der Waals surface area contributed by atoms with Crippen LogP contribution in [0.5, 0.6) is 0 Å². The number of rotatable bonds is 10. The van der Waals surface area contributed by atoms with Gasteiger partial charge in [-0.15, -0.1) is 0 Å². The molecule has 0 aliphatic heterocycles. The highest BCUT2D eigenvalue weighted by Crippen LogP contribution is 2.26. The van der Waals surface area contributed by atoms with Crippen molar-refractivity contribution in [3.63, 3.8) is 0 Å². The minimum absolute atomic E-state index is 0.00410. The van der Waals surface area contributed by atoms with E-state index in [1.54, 1.807) is 31.4 Å². The Morgan fingerprint density at radius 3 is 2.50 bits per heavy atom. The summed E-state index contributed by atoms with van der Waals surface area (Å²) in [7, 11) is 1.57. The van der Waals surface area contributed by atoms with E-state index in [-0.39, 0.29) is 36.8 Å². The van der Waals surface area contributed by atoms with E-state index >= 15 is 0 Å². The number of hydrogen-bond acceptors (Lipinski definition) is 5. The first kappa shape index (κ1) is 21.8. The van der Waals surface area contributed by atoms with E-state index in [1.165, 1.54) is 0 Å². The van der Waals surface area contributed by atoms with E-state index in [2.05, 4.69) is 10.6 Å². The fourth-order valence-electron chi connectivity index (χ4n) is 3.27. The van der Waals surface area contributed by atoms with Gasteiger partial charge in [-0.25, -0.2) is 0 Å². The monoisotopic (exact) mass is 392 g/mol. The topological polar surface area (TPSA) is 114 Å². The van der Waals surface area contributed by atoms with Crippen LogP contribution in [0.15, 0.2) is 24.3 Å². The molecule has 1 aliphatic carbocycles. The summed E-state index contributed by atoms with van der Waals surface area (Å²) in [6.45, 7) is 0.827. The smallest absolute Gasteiger partial charge is 0.307 e. The van der Waals surface area contributed by atoms with Crippen molar-refractivity contribution in [3.8, 4) is 0 Å². The summed E-state index contributed by atoms with van der Waals surface area (Å²) in [6.07, 6.45) is 2.64. The average Bonchev–Trinajstić information content (AvgIpc) is 2.67. The quantitative estimate of drug-likeness (QED) is 0.521. The Morgan fingerprint density at radius 2 is 1.82 bits per heavy atom. The van der Waals surface area contributed by atoms with Crippen molar-refractivity contribution in [1.82, 2.24) is 5.32 Å². The van der Waals surface area contributed by atoms with Crippen molar-refractivity contribution < 1.29 is 29.0 Å². The number of carbonyl (C=O) groups is 3. The van der Waals surface area contributed by atoms with Crippen LogP contribution in [-0.2, 0) is 30.3 Å². The fourth-order valence-corrected chi connectivity index (χ4v) is 3.27. The Morgan fingerprint density at radius 1 is 1.11 bits per heavy atom. The van der Waals surface area contributed by atoms with Crippen molar-refractivity contribution in [2.45, 2.75) is 38.1 Å². The third-order valence-electron chi connectivity index (χ3n) is 4.74. The molecule has 1 aromatic carbocycles. The molecule has 1 fully saturated rings. The molecule has 28 heavy (non-hydrogen) atoms. The first-order chi connectivity index (χ1) is 13.5. The Hall–Kier alpha value is -2.45. The maximum Gasteiger partial charge on any atom is 0.307 e. The maximum atomic E-state index is 12.6. The molecule has 8 nitrogen and oxygen atoms in total. The second kappa shape index (κ2) is 11.4. The molecule has 0 saturated heterocycles. The number of amides is 2. The van der Waals surface area contributed by atoms with Crippen LogP contribution in [0.1, 0.15) is 31.2 Å². The van der Waals surface area contributed by atoms with Crippen LogP contribution in [-0.4, -0.2) is 55.9 Å². The Balaban J connectivity index is 1.76. The first-order valence-electron chi connectivity index (χ1n) is 9.46. The molecule has 0 unspecified atom stereocenters. The third kappa shape index (κ3) is 7.28. The van der Waals surface area contributed by atoms with E-state index in [1.807, 2.05) is 0 Å². The van der Waals surface area contributed by atoms with Gasteiger partial charge in [-0.2, -0.15) is 0 Å². The molecule has 0 bridgehead atoms. The highest BCUT2D eigenvalue weighted by atomic mass is 16.5. The molecule has 0 atom stereocenters. The van der Waals surface area contributed by atoms with Crippen molar-refractivity contribution >= 4 is 23.5 Å². The summed E-state index contributed by atoms with van der Waals surface area (Å²) < 4.78 is 10.1. The standard InChI is InChI=1S/C20H28N2O6/c1-27-10-11-28-13-18(23)21-16-8-6-14(7-9-16)20(26)22-17-5-3-2-4-15(17)12-19(24)25/h2-5,14,16H,6-13H2,1H3,(H,21,23)(H,22,26)(H,24,25). The van der Waals surface area contributed by atoms with Crippen LogP contribution in [0.25, 0.3) is 0 Å². The van der Waals surface area contributed by atoms with Gasteiger partial charge in [-0.1, -0.05) is 18.2 Å². The van der Waals surface area contributed by atoms with Crippen LogP contribution >= 0.6 is 0 Å². The predicted octanol–water partition coefficient (Wildman–Crippen LogP) is 1.59. The molecule has 3 N–H and O–H groups in total. The zero-order chi connectivity index (χ0) is 20.4. The summed E-state index contributed by atoms with van der Waals surface area (Å²) in [5.74, 6) is -1.36. The molecule has 0 spiro atoms. The molecular formula is C20H28N2O6. The summed E-state index contributed by atoms with van der Waals surface area (Å²) in [5.41, 5.74) is 1.12. The van der Waals surface area contributed by atoms with Crippen LogP contribution in [0.2, 0.25) is 0 Å². The average molecular weight is 392 g/mol. The van der Waals surface area contributed by atoms with Gasteiger partial charge in [0, 0.05) is 24.8 Å². The van der Waals surface area contributed by atoms with Gasteiger partial charge >= 0.3 is 5.97 Å². The van der Waals surface area contributed by atoms with E-state index in [4.69, 9.17) is 14.6 Å². The molecule has 1 aliphatic rings. The number of carbonyl (C=O) groups excluding carboxylic acids is 2. The predicted molar refractivity (Wildman–Crippen MR) is 103 cm³/mol. The lowest BCUT2D eigenvalue weighted by Crippen LogP contribution is -2.41. The zero-order valence-corrected chi connectivity index (χ0v) is 16.1. The molecule has 8 heteroatoms. The first-order valence-corrected chi connectivity index (χ1v) is 9.46. The Bertz CT molecular complexity index is 670. The number of para-hydroxylation sites is 1. The molecule has 0 radical (unpaired) electrons. The number of benzene rings is 1. The largest absolute Gasteiger partial charge is 0.481 e. The van der Waals surface area contributed by atoms with Crippen molar-refractivity contribution in [3.05, 3.63) is 29.8 Å². The number of ether oxygens (including phenoxy) is 2. The van der Waals surface area contributed by atoms with Crippen molar-refractivity contribution in [1.29, 1.82) is 0 Å². The van der Waals surface area contributed by atoms with Crippen LogP contribution < -0.4 is 10.6 Å². The van der Waals surface area contributed by atoms with Gasteiger partial charge in [0.2, 0.25) is 11.8 Å². The minimum atomic E-state index is -0.941. The Kier molecular flexibility index (Phi) is 8.90. The zero-order valence-electron chi connectivity index (χ0n) is 16.1. The summed E-state index contributed by atoms with van der Waals surface area (Å²) in [5, 5.41) is 14.8. The molecule has 1 saturated carbocycles. The van der Waals surface area contributed by atoms with E-state index in [0.717, 1.165) is 12.8 Å². The number of hydrogen-bond donors (Lipinski definition) is 3. The van der Waals surface area contributed by atoms with Gasteiger partial charge in [0.25, 0.3) is 0 Å². The van der Waals surface area contributed by atoms with E-state index < -0.39 is 5.97 Å². The molecule has 1 aromatic rings. The SMILES string of the molecule is COCCOCC(=O)NC1CCC(C(=O)Nc2ccccc2CC(=O)O)CC1. The Labute approximate surface area is 164 Å². The fraction of sp³-hybridized carbons (Fsp3) is 0.550. The van der Waals surface area contributed by atoms with Gasteiger partial charge in [-0.3, -0.25) is 14.4 Å². The lowest BCUT2D eigenvalue weighted by Gasteiger charge is -2.28. The molecule has 2 amide bonds. The van der Waals surface area contributed by atoms with Crippen LogP contribution in [0, 0.1) is 5.92 Å². The molecule has 2 rings (SSSR count). The minimum Gasteiger partial charge on any atom is -0.481 e. The van der Waals surface area contributed by atoms with Gasteiger partial charge in [0.05, 0.1) is 19.6 Å². The normalized spacial score (nSPS) is 19.0. The number of nitrogens with one attached hydrogen (secondary N) is 2. The van der Waals surface area contributed by atoms with Gasteiger partial charge in [0.15, 0.2) is 0 Å². The van der Waals surface area contributed by atoms with Crippen LogP contribution in [0.4, 0.5) is 5.69 Å². The number of methoxy groups -OCH3 is 1. The molecule has 0 aromatic heterocycles.